The number of benzene rings is 2. The van der Waals surface area contributed by atoms with Crippen molar-refractivity contribution in [2.45, 2.75) is 44.6 Å². The summed E-state index contributed by atoms with van der Waals surface area (Å²) in [4.78, 5) is 15.8. The van der Waals surface area contributed by atoms with Gasteiger partial charge in [0.15, 0.2) is 0 Å². The fraction of sp³-hybridized carbons (Fsp3) is 0.519. The second kappa shape index (κ2) is 11.0. The zero-order valence-corrected chi connectivity index (χ0v) is 20.3. The van der Waals surface area contributed by atoms with Crippen LogP contribution in [0.5, 0.6) is 0 Å². The van der Waals surface area contributed by atoms with Gasteiger partial charge in [-0.15, -0.1) is 0 Å². The zero-order chi connectivity index (χ0) is 26.7. The minimum Gasteiger partial charge on any atom is -0.381 e. The molecule has 2 saturated heterocycles. The average molecular weight is 529 g/mol. The van der Waals surface area contributed by atoms with Crippen LogP contribution in [0.25, 0.3) is 0 Å². The molecule has 1 N–H and O–H groups in total. The number of alkyl halides is 6. The first-order valence-electron chi connectivity index (χ1n) is 12.4. The van der Waals surface area contributed by atoms with Crippen LogP contribution in [0.2, 0.25) is 0 Å². The number of nitrogens with zero attached hydrogens (tertiary/aromatic N) is 1. The molecule has 2 aromatic rings. The van der Waals surface area contributed by atoms with Gasteiger partial charge in [-0.2, -0.15) is 26.3 Å². The summed E-state index contributed by atoms with van der Waals surface area (Å²) in [6.45, 7) is 3.00. The van der Waals surface area contributed by atoms with Crippen LogP contribution in [-0.2, 0) is 34.8 Å². The van der Waals surface area contributed by atoms with Crippen LogP contribution in [0.1, 0.15) is 41.5 Å². The molecule has 2 aliphatic heterocycles. The van der Waals surface area contributed by atoms with Gasteiger partial charge in [-0.05, 0) is 67.5 Å². The largest absolute Gasteiger partial charge is 0.416 e. The predicted octanol–water partition coefficient (Wildman–Crippen LogP) is 5.70. The Morgan fingerprint density at radius 3 is 2.16 bits per heavy atom. The number of amides is 1. The van der Waals surface area contributed by atoms with Crippen LogP contribution >= 0.6 is 0 Å². The maximum absolute atomic E-state index is 13.5. The smallest absolute Gasteiger partial charge is 0.381 e. The van der Waals surface area contributed by atoms with E-state index in [-0.39, 0.29) is 17.5 Å². The van der Waals surface area contributed by atoms with Gasteiger partial charge < -0.3 is 15.0 Å². The summed E-state index contributed by atoms with van der Waals surface area (Å²) in [6, 6.07) is 10.9. The lowest BCUT2D eigenvalue weighted by atomic mass is 9.79. The SMILES string of the molecule is O=C(NCc1cc(C(F)(F)F)cc(C(F)(F)F)c1)C1(Cc2ccccc2)CCN(CC2CCOCC2)C1. The number of nitrogens with one attached hydrogen (secondary N) is 1. The Hall–Kier alpha value is -2.59. The second-order valence-electron chi connectivity index (χ2n) is 10.1. The third-order valence-electron chi connectivity index (χ3n) is 7.26. The highest BCUT2D eigenvalue weighted by Gasteiger charge is 2.45. The van der Waals surface area contributed by atoms with Gasteiger partial charge in [0, 0.05) is 32.8 Å². The number of rotatable bonds is 7. The topological polar surface area (TPSA) is 41.6 Å². The van der Waals surface area contributed by atoms with E-state index in [1.165, 1.54) is 0 Å². The molecular weight excluding hydrogens is 498 g/mol. The minimum atomic E-state index is -4.94. The summed E-state index contributed by atoms with van der Waals surface area (Å²) in [5.41, 5.74) is -2.92. The lowest BCUT2D eigenvalue weighted by Crippen LogP contribution is -2.45. The molecule has 0 aliphatic carbocycles. The van der Waals surface area contributed by atoms with Gasteiger partial charge in [-0.25, -0.2) is 0 Å². The van der Waals surface area contributed by atoms with Crippen LogP contribution in [0.3, 0.4) is 0 Å². The fourth-order valence-electron chi connectivity index (χ4n) is 5.30. The Morgan fingerprint density at radius 2 is 1.57 bits per heavy atom. The molecule has 0 spiro atoms. The maximum Gasteiger partial charge on any atom is 0.416 e. The summed E-state index contributed by atoms with van der Waals surface area (Å²) in [5.74, 6) is 0.104. The van der Waals surface area contributed by atoms with Crippen molar-refractivity contribution in [1.29, 1.82) is 0 Å². The van der Waals surface area contributed by atoms with Crippen molar-refractivity contribution in [1.82, 2.24) is 10.2 Å². The van der Waals surface area contributed by atoms with E-state index in [2.05, 4.69) is 10.2 Å². The van der Waals surface area contributed by atoms with Crippen molar-refractivity contribution in [2.75, 3.05) is 32.8 Å². The molecule has 0 radical (unpaired) electrons. The normalized spacial score (nSPS) is 21.8. The number of carbonyl (C=O) groups excluding carboxylic acids is 1. The summed E-state index contributed by atoms with van der Waals surface area (Å²) >= 11 is 0. The molecule has 2 fully saturated rings. The number of carbonyl (C=O) groups is 1. The van der Waals surface area contributed by atoms with Gasteiger partial charge in [0.25, 0.3) is 0 Å². The van der Waals surface area contributed by atoms with Crippen molar-refractivity contribution >= 4 is 5.91 Å². The van der Waals surface area contributed by atoms with Gasteiger partial charge in [-0.1, -0.05) is 30.3 Å². The lowest BCUT2D eigenvalue weighted by molar-refractivity contribution is -0.143. The molecule has 1 unspecified atom stereocenters. The number of likely N-dealkylation sites (tertiary alicyclic amines) is 1. The van der Waals surface area contributed by atoms with Crippen molar-refractivity contribution < 1.29 is 35.9 Å². The van der Waals surface area contributed by atoms with E-state index in [0.717, 1.165) is 24.9 Å². The van der Waals surface area contributed by atoms with Gasteiger partial charge >= 0.3 is 12.4 Å². The van der Waals surface area contributed by atoms with E-state index in [9.17, 15) is 31.1 Å². The number of hydrogen-bond donors (Lipinski definition) is 1. The molecule has 202 valence electrons. The monoisotopic (exact) mass is 528 g/mol. The van der Waals surface area contributed by atoms with E-state index >= 15 is 0 Å². The van der Waals surface area contributed by atoms with Crippen molar-refractivity contribution in [3.8, 4) is 0 Å². The Morgan fingerprint density at radius 1 is 0.946 bits per heavy atom. The fourth-order valence-corrected chi connectivity index (χ4v) is 5.30. The molecular formula is C27H30F6N2O2. The molecule has 10 heteroatoms. The molecule has 0 aromatic heterocycles. The second-order valence-corrected chi connectivity index (χ2v) is 10.1. The Labute approximate surface area is 212 Å². The molecule has 0 saturated carbocycles. The third kappa shape index (κ3) is 7.04. The molecule has 37 heavy (non-hydrogen) atoms. The van der Waals surface area contributed by atoms with Crippen LogP contribution < -0.4 is 5.32 Å². The standard InChI is InChI=1S/C27H30F6N2O2/c28-26(29,30)22-12-21(13-23(14-22)27(31,32)33)16-34-24(36)25(15-19-4-2-1-3-5-19)8-9-35(18-25)17-20-6-10-37-11-7-20/h1-5,12-14,20H,6-11,15-18H2,(H,34,36). The lowest BCUT2D eigenvalue weighted by Gasteiger charge is -2.31. The summed E-state index contributed by atoms with van der Waals surface area (Å²) in [7, 11) is 0. The van der Waals surface area contributed by atoms with Gasteiger partial charge in [-0.3, -0.25) is 4.79 Å². The van der Waals surface area contributed by atoms with Crippen LogP contribution in [0.4, 0.5) is 26.3 Å². The summed E-state index contributed by atoms with van der Waals surface area (Å²) < 4.78 is 84.9. The molecule has 2 aromatic carbocycles. The molecule has 4 nitrogen and oxygen atoms in total. The first kappa shape index (κ1) is 27.4. The number of ether oxygens (including phenoxy) is 1. The first-order chi connectivity index (χ1) is 17.4. The van der Waals surface area contributed by atoms with E-state index in [1.54, 1.807) is 0 Å². The highest BCUT2D eigenvalue weighted by molar-refractivity contribution is 5.83. The Kier molecular flexibility index (Phi) is 8.18. The highest BCUT2D eigenvalue weighted by Crippen LogP contribution is 2.38. The number of halogens is 6. The summed E-state index contributed by atoms with van der Waals surface area (Å²) in [6.07, 6.45) is -7.00. The predicted molar refractivity (Wildman–Crippen MR) is 125 cm³/mol. The van der Waals surface area contributed by atoms with E-state index in [0.29, 0.717) is 57.2 Å². The quantitative estimate of drug-likeness (QED) is 0.469. The van der Waals surface area contributed by atoms with E-state index < -0.39 is 35.4 Å². The van der Waals surface area contributed by atoms with Gasteiger partial charge in [0.1, 0.15) is 0 Å². The van der Waals surface area contributed by atoms with Crippen LogP contribution in [0.15, 0.2) is 48.5 Å². The van der Waals surface area contributed by atoms with Crippen LogP contribution in [-0.4, -0.2) is 43.7 Å². The average Bonchev–Trinajstić information content (AvgIpc) is 3.26. The van der Waals surface area contributed by atoms with Crippen molar-refractivity contribution in [3.63, 3.8) is 0 Å². The van der Waals surface area contributed by atoms with Crippen molar-refractivity contribution in [2.24, 2.45) is 11.3 Å². The Balaban J connectivity index is 1.52. The zero-order valence-electron chi connectivity index (χ0n) is 20.3. The molecule has 4 rings (SSSR count). The maximum atomic E-state index is 13.5. The molecule has 1 atom stereocenters. The van der Waals surface area contributed by atoms with Crippen LogP contribution in [0, 0.1) is 11.3 Å². The van der Waals surface area contributed by atoms with Gasteiger partial charge in [0.05, 0.1) is 16.5 Å². The third-order valence-corrected chi connectivity index (χ3v) is 7.26. The highest BCUT2D eigenvalue weighted by atomic mass is 19.4. The van der Waals surface area contributed by atoms with Crippen molar-refractivity contribution in [3.05, 3.63) is 70.8 Å². The first-order valence-corrected chi connectivity index (χ1v) is 12.4. The minimum absolute atomic E-state index is 0.0906. The summed E-state index contributed by atoms with van der Waals surface area (Å²) in [5, 5.41) is 2.66. The molecule has 2 heterocycles. The molecule has 2 aliphatic rings. The Bertz CT molecular complexity index is 1030. The molecule has 1 amide bonds. The molecule has 0 bridgehead atoms. The van der Waals surface area contributed by atoms with E-state index in [1.807, 2.05) is 30.3 Å². The number of hydrogen-bond acceptors (Lipinski definition) is 3. The van der Waals surface area contributed by atoms with Gasteiger partial charge in [0.2, 0.25) is 5.91 Å². The van der Waals surface area contributed by atoms with E-state index in [4.69, 9.17) is 4.74 Å².